The second kappa shape index (κ2) is 7.19. The summed E-state index contributed by atoms with van der Waals surface area (Å²) in [4.78, 5) is 16.6. The lowest BCUT2D eigenvalue weighted by molar-refractivity contribution is -0.116. The Kier molecular flexibility index (Phi) is 4.44. The van der Waals surface area contributed by atoms with E-state index in [2.05, 4.69) is 28.5 Å². The van der Waals surface area contributed by atoms with E-state index in [0.29, 0.717) is 6.54 Å². The molecule has 3 heteroatoms. The minimum atomic E-state index is -0.120. The molecular formula is C23H18N2O. The third kappa shape index (κ3) is 3.33. The lowest BCUT2D eigenvalue weighted by Gasteiger charge is -2.07. The molecular weight excluding hydrogens is 320 g/mol. The standard InChI is InChI=1S/C23H18N2O/c26-22(14-13-19-9-4-8-18-11-5-15-24-23(18)19)25-16-20-10-3-7-17-6-1-2-12-21(17)20/h1-15H,16H2,(H,25,26). The molecule has 1 amide bonds. The molecule has 0 bridgehead atoms. The minimum Gasteiger partial charge on any atom is -0.348 e. The molecule has 0 saturated carbocycles. The first kappa shape index (κ1) is 16.0. The predicted octanol–water partition coefficient (Wildman–Crippen LogP) is 4.72. The van der Waals surface area contributed by atoms with E-state index < -0.39 is 0 Å². The number of aromatic nitrogens is 1. The van der Waals surface area contributed by atoms with Gasteiger partial charge in [-0.3, -0.25) is 9.78 Å². The smallest absolute Gasteiger partial charge is 0.244 e. The molecule has 3 aromatic carbocycles. The molecule has 0 atom stereocenters. The molecule has 0 saturated heterocycles. The van der Waals surface area contributed by atoms with Gasteiger partial charge in [-0.15, -0.1) is 0 Å². The molecule has 4 aromatic rings. The molecule has 0 spiro atoms. The normalized spacial score (nSPS) is 11.2. The highest BCUT2D eigenvalue weighted by Gasteiger charge is 2.03. The summed E-state index contributed by atoms with van der Waals surface area (Å²) in [6, 6.07) is 24.2. The van der Waals surface area contributed by atoms with Crippen LogP contribution in [0, 0.1) is 0 Å². The Morgan fingerprint density at radius 2 is 1.65 bits per heavy atom. The summed E-state index contributed by atoms with van der Waals surface area (Å²) in [5.41, 5.74) is 2.94. The number of para-hydroxylation sites is 1. The fourth-order valence-corrected chi connectivity index (χ4v) is 3.12. The van der Waals surface area contributed by atoms with Crippen molar-refractivity contribution in [1.82, 2.24) is 10.3 Å². The van der Waals surface area contributed by atoms with Crippen LogP contribution in [-0.4, -0.2) is 10.9 Å². The fourth-order valence-electron chi connectivity index (χ4n) is 3.12. The third-order valence-corrected chi connectivity index (χ3v) is 4.41. The second-order valence-corrected chi connectivity index (χ2v) is 6.11. The Morgan fingerprint density at radius 3 is 2.62 bits per heavy atom. The van der Waals surface area contributed by atoms with Gasteiger partial charge in [-0.2, -0.15) is 0 Å². The molecule has 1 aromatic heterocycles. The second-order valence-electron chi connectivity index (χ2n) is 6.11. The summed E-state index contributed by atoms with van der Waals surface area (Å²) >= 11 is 0. The van der Waals surface area contributed by atoms with Crippen LogP contribution >= 0.6 is 0 Å². The number of pyridine rings is 1. The number of carbonyl (C=O) groups is 1. The molecule has 0 unspecified atom stereocenters. The van der Waals surface area contributed by atoms with Crippen molar-refractivity contribution >= 4 is 33.7 Å². The van der Waals surface area contributed by atoms with E-state index in [9.17, 15) is 4.79 Å². The van der Waals surface area contributed by atoms with E-state index in [1.807, 2.05) is 60.7 Å². The van der Waals surface area contributed by atoms with E-state index in [1.165, 1.54) is 5.39 Å². The van der Waals surface area contributed by atoms with Crippen LogP contribution < -0.4 is 5.32 Å². The van der Waals surface area contributed by atoms with Gasteiger partial charge in [0.05, 0.1) is 5.52 Å². The number of hydrogen-bond donors (Lipinski definition) is 1. The molecule has 4 rings (SSSR count). The number of benzene rings is 3. The maximum Gasteiger partial charge on any atom is 0.244 e. The fraction of sp³-hybridized carbons (Fsp3) is 0.0435. The Hall–Kier alpha value is -3.46. The number of carbonyl (C=O) groups excluding carboxylic acids is 1. The maximum absolute atomic E-state index is 12.2. The van der Waals surface area contributed by atoms with Crippen molar-refractivity contribution in [3.63, 3.8) is 0 Å². The van der Waals surface area contributed by atoms with E-state index in [-0.39, 0.29) is 5.91 Å². The van der Waals surface area contributed by atoms with Gasteiger partial charge in [-0.25, -0.2) is 0 Å². The van der Waals surface area contributed by atoms with Crippen molar-refractivity contribution in [2.45, 2.75) is 6.54 Å². The van der Waals surface area contributed by atoms with Crippen molar-refractivity contribution in [2.24, 2.45) is 0 Å². The van der Waals surface area contributed by atoms with Gasteiger partial charge in [0.25, 0.3) is 0 Å². The highest BCUT2D eigenvalue weighted by atomic mass is 16.1. The average Bonchev–Trinajstić information content (AvgIpc) is 2.70. The molecule has 0 aliphatic heterocycles. The molecule has 0 aliphatic carbocycles. The number of fused-ring (bicyclic) bond motifs is 2. The molecule has 1 heterocycles. The van der Waals surface area contributed by atoms with Gasteiger partial charge in [0.15, 0.2) is 0 Å². The largest absolute Gasteiger partial charge is 0.348 e. The third-order valence-electron chi connectivity index (χ3n) is 4.41. The summed E-state index contributed by atoms with van der Waals surface area (Å²) in [5, 5.41) is 6.37. The van der Waals surface area contributed by atoms with Crippen molar-refractivity contribution in [3.8, 4) is 0 Å². The highest BCUT2D eigenvalue weighted by Crippen LogP contribution is 2.19. The van der Waals surface area contributed by atoms with Gasteiger partial charge < -0.3 is 5.32 Å². The van der Waals surface area contributed by atoms with Gasteiger partial charge >= 0.3 is 0 Å². The molecule has 0 fully saturated rings. The maximum atomic E-state index is 12.2. The number of nitrogens with zero attached hydrogens (tertiary/aromatic N) is 1. The number of nitrogens with one attached hydrogen (secondary N) is 1. The number of hydrogen-bond acceptors (Lipinski definition) is 2. The van der Waals surface area contributed by atoms with Gasteiger partial charge in [0.1, 0.15) is 0 Å². The van der Waals surface area contributed by atoms with Crippen LogP contribution in [0.2, 0.25) is 0 Å². The van der Waals surface area contributed by atoms with E-state index in [0.717, 1.165) is 27.4 Å². The molecule has 3 nitrogen and oxygen atoms in total. The first-order chi connectivity index (χ1) is 12.8. The van der Waals surface area contributed by atoms with Crippen LogP contribution in [0.5, 0.6) is 0 Å². The van der Waals surface area contributed by atoms with Crippen LogP contribution in [0.1, 0.15) is 11.1 Å². The molecule has 0 radical (unpaired) electrons. The summed E-state index contributed by atoms with van der Waals surface area (Å²) in [7, 11) is 0. The lowest BCUT2D eigenvalue weighted by Crippen LogP contribution is -2.20. The minimum absolute atomic E-state index is 0.120. The predicted molar refractivity (Wildman–Crippen MR) is 107 cm³/mol. The van der Waals surface area contributed by atoms with Crippen LogP contribution in [0.3, 0.4) is 0 Å². The summed E-state index contributed by atoms with van der Waals surface area (Å²) < 4.78 is 0. The van der Waals surface area contributed by atoms with Crippen molar-refractivity contribution in [2.75, 3.05) is 0 Å². The zero-order valence-electron chi connectivity index (χ0n) is 14.2. The zero-order chi connectivity index (χ0) is 17.8. The van der Waals surface area contributed by atoms with Crippen LogP contribution in [0.15, 0.2) is 85.1 Å². The lowest BCUT2D eigenvalue weighted by atomic mass is 10.0. The quantitative estimate of drug-likeness (QED) is 0.547. The number of rotatable bonds is 4. The Bertz CT molecular complexity index is 1100. The molecule has 1 N–H and O–H groups in total. The van der Waals surface area contributed by atoms with Gasteiger partial charge in [0.2, 0.25) is 5.91 Å². The molecule has 0 aliphatic rings. The van der Waals surface area contributed by atoms with Crippen molar-refractivity contribution in [3.05, 3.63) is 96.2 Å². The Labute approximate surface area is 152 Å². The SMILES string of the molecule is O=C(C=Cc1cccc2cccnc12)NCc1cccc2ccccc12. The van der Waals surface area contributed by atoms with Gasteiger partial charge in [0, 0.05) is 29.8 Å². The van der Waals surface area contributed by atoms with Gasteiger partial charge in [-0.1, -0.05) is 66.7 Å². The average molecular weight is 338 g/mol. The number of amides is 1. The first-order valence-electron chi connectivity index (χ1n) is 8.57. The molecule has 126 valence electrons. The van der Waals surface area contributed by atoms with E-state index in [4.69, 9.17) is 0 Å². The first-order valence-corrected chi connectivity index (χ1v) is 8.57. The van der Waals surface area contributed by atoms with Crippen LogP contribution in [0.25, 0.3) is 27.8 Å². The van der Waals surface area contributed by atoms with Crippen molar-refractivity contribution < 1.29 is 4.79 Å². The molecule has 26 heavy (non-hydrogen) atoms. The van der Waals surface area contributed by atoms with Gasteiger partial charge in [-0.05, 0) is 28.5 Å². The Balaban J connectivity index is 1.49. The Morgan fingerprint density at radius 1 is 0.885 bits per heavy atom. The summed E-state index contributed by atoms with van der Waals surface area (Å²) in [6.07, 6.45) is 5.14. The summed E-state index contributed by atoms with van der Waals surface area (Å²) in [5.74, 6) is -0.120. The zero-order valence-corrected chi connectivity index (χ0v) is 14.2. The highest BCUT2D eigenvalue weighted by molar-refractivity contribution is 5.95. The van der Waals surface area contributed by atoms with Crippen LogP contribution in [-0.2, 0) is 11.3 Å². The van der Waals surface area contributed by atoms with E-state index >= 15 is 0 Å². The topological polar surface area (TPSA) is 42.0 Å². The van der Waals surface area contributed by atoms with E-state index in [1.54, 1.807) is 12.3 Å². The van der Waals surface area contributed by atoms with Crippen molar-refractivity contribution in [1.29, 1.82) is 0 Å². The van der Waals surface area contributed by atoms with Crippen LogP contribution in [0.4, 0.5) is 0 Å². The monoisotopic (exact) mass is 338 g/mol. The summed E-state index contributed by atoms with van der Waals surface area (Å²) in [6.45, 7) is 0.498.